The van der Waals surface area contributed by atoms with E-state index in [0.717, 1.165) is 0 Å². The number of hydrogen-bond donors (Lipinski definition) is 0. The minimum atomic E-state index is 0.532. The van der Waals surface area contributed by atoms with E-state index in [0.29, 0.717) is 5.92 Å². The first-order valence-corrected chi connectivity index (χ1v) is 2.56. The Hall–Kier alpha value is -0.520. The molecule has 0 aliphatic heterocycles. The van der Waals surface area contributed by atoms with Crippen molar-refractivity contribution in [3.8, 4) is 0 Å². The van der Waals surface area contributed by atoms with Crippen molar-refractivity contribution in [2.45, 2.75) is 13.8 Å². The van der Waals surface area contributed by atoms with Gasteiger partial charge in [0.05, 0.1) is 0 Å². The van der Waals surface area contributed by atoms with E-state index in [1.54, 1.807) is 0 Å². The second-order valence-electron chi connectivity index (χ2n) is 1.62. The zero-order valence-electron chi connectivity index (χ0n) is 5.02. The fourth-order valence-corrected chi connectivity index (χ4v) is 0.382. The smallest absolute Gasteiger partial charge is 0.00847 e. The van der Waals surface area contributed by atoms with Crippen molar-refractivity contribution in [3.63, 3.8) is 0 Å². The van der Waals surface area contributed by atoms with Gasteiger partial charge in [0.1, 0.15) is 0 Å². The van der Waals surface area contributed by atoms with E-state index in [-0.39, 0.29) is 0 Å². The van der Waals surface area contributed by atoms with Gasteiger partial charge in [0.2, 0.25) is 0 Å². The summed E-state index contributed by atoms with van der Waals surface area (Å²) in [6, 6.07) is 0. The monoisotopic (exact) mass is 96.1 g/mol. The molecule has 0 amide bonds. The molecule has 0 N–H and O–H groups in total. The van der Waals surface area contributed by atoms with E-state index >= 15 is 0 Å². The van der Waals surface area contributed by atoms with Crippen molar-refractivity contribution in [2.75, 3.05) is 0 Å². The molecule has 0 aromatic heterocycles. The molecule has 0 saturated carbocycles. The number of allylic oxidation sites excluding steroid dienone is 3. The summed E-state index contributed by atoms with van der Waals surface area (Å²) in [5.41, 5.74) is 0. The molecule has 0 unspecified atom stereocenters. The van der Waals surface area contributed by atoms with E-state index in [2.05, 4.69) is 19.6 Å². The lowest BCUT2D eigenvalue weighted by Crippen LogP contribution is -1.76. The van der Waals surface area contributed by atoms with Crippen molar-refractivity contribution < 1.29 is 0 Å². The Balaban J connectivity index is 3.35. The Kier molecular flexibility index (Phi) is 3.39. The average Bonchev–Trinajstić information content (AvgIpc) is 1.68. The second kappa shape index (κ2) is 3.66. The Morgan fingerprint density at radius 2 is 2.14 bits per heavy atom. The van der Waals surface area contributed by atoms with Crippen LogP contribution in [0.4, 0.5) is 0 Å². The quantitative estimate of drug-likeness (QED) is 0.463. The van der Waals surface area contributed by atoms with Gasteiger partial charge in [-0.05, 0) is 12.8 Å². The van der Waals surface area contributed by atoms with Crippen LogP contribution in [0.5, 0.6) is 0 Å². The van der Waals surface area contributed by atoms with E-state index < -0.39 is 0 Å². The largest absolute Gasteiger partial charge is 0.102 e. The van der Waals surface area contributed by atoms with Crippen molar-refractivity contribution in [1.82, 2.24) is 0 Å². The summed E-state index contributed by atoms with van der Waals surface area (Å²) in [6.45, 7) is 7.75. The van der Waals surface area contributed by atoms with Gasteiger partial charge in [-0.25, -0.2) is 0 Å². The predicted octanol–water partition coefficient (Wildman–Crippen LogP) is 2.38. The molecule has 0 nitrogen and oxygen atoms in total. The highest BCUT2D eigenvalue weighted by molar-refractivity contribution is 4.92. The minimum Gasteiger partial charge on any atom is -0.102 e. The average molecular weight is 96.2 g/mol. The maximum Gasteiger partial charge on any atom is -0.00847 e. The Morgan fingerprint density at radius 1 is 1.57 bits per heavy atom. The Morgan fingerprint density at radius 3 is 2.29 bits per heavy atom. The first kappa shape index (κ1) is 6.48. The molecule has 0 heterocycles. The van der Waals surface area contributed by atoms with Gasteiger partial charge in [-0.2, -0.15) is 0 Å². The van der Waals surface area contributed by atoms with Crippen LogP contribution >= 0.6 is 0 Å². The van der Waals surface area contributed by atoms with Crippen LogP contribution in [0.15, 0.2) is 24.8 Å². The maximum atomic E-state index is 3.63. The summed E-state index contributed by atoms with van der Waals surface area (Å²) in [4.78, 5) is 0. The molecule has 0 radical (unpaired) electrons. The van der Waals surface area contributed by atoms with Crippen LogP contribution in [-0.4, -0.2) is 0 Å². The molecular weight excluding hydrogens is 84.1 g/mol. The third kappa shape index (κ3) is 3.31. The zero-order chi connectivity index (χ0) is 5.70. The third-order valence-corrected chi connectivity index (χ3v) is 0.868. The summed E-state index contributed by atoms with van der Waals surface area (Å²) in [6.07, 6.45) is 6.05. The lowest BCUT2D eigenvalue weighted by atomic mass is 10.2. The molecule has 0 aromatic rings. The standard InChI is InChI=1S/C7H12/c1-4-6-7(3)5-2/h4-7H,2H2,1,3H3/b6-4-/t7-/m0/s1. The highest BCUT2D eigenvalue weighted by atomic mass is 13.9. The second-order valence-corrected chi connectivity index (χ2v) is 1.62. The van der Waals surface area contributed by atoms with Gasteiger partial charge in [-0.1, -0.05) is 25.2 Å². The van der Waals surface area contributed by atoms with E-state index in [1.165, 1.54) is 0 Å². The van der Waals surface area contributed by atoms with Crippen molar-refractivity contribution >= 4 is 0 Å². The van der Waals surface area contributed by atoms with Crippen LogP contribution in [0, 0.1) is 5.92 Å². The molecule has 40 valence electrons. The topological polar surface area (TPSA) is 0 Å². The first-order chi connectivity index (χ1) is 3.31. The highest BCUT2D eigenvalue weighted by Gasteiger charge is 1.81. The molecule has 0 bridgehead atoms. The van der Waals surface area contributed by atoms with Gasteiger partial charge in [0.25, 0.3) is 0 Å². The molecule has 0 fully saturated rings. The van der Waals surface area contributed by atoms with E-state index in [1.807, 2.05) is 19.1 Å². The molecule has 0 aromatic carbocycles. The van der Waals surface area contributed by atoms with Crippen LogP contribution in [-0.2, 0) is 0 Å². The molecule has 0 rings (SSSR count). The predicted molar refractivity (Wildman–Crippen MR) is 34.2 cm³/mol. The lowest BCUT2D eigenvalue weighted by molar-refractivity contribution is 0.941. The summed E-state index contributed by atoms with van der Waals surface area (Å²) in [5, 5.41) is 0. The molecule has 7 heavy (non-hydrogen) atoms. The van der Waals surface area contributed by atoms with Crippen LogP contribution < -0.4 is 0 Å². The van der Waals surface area contributed by atoms with Crippen molar-refractivity contribution in [2.24, 2.45) is 5.92 Å². The number of rotatable bonds is 2. The molecule has 0 heteroatoms. The Labute approximate surface area is 45.5 Å². The van der Waals surface area contributed by atoms with E-state index in [9.17, 15) is 0 Å². The molecule has 0 aliphatic carbocycles. The normalized spacial score (nSPS) is 14.6. The van der Waals surface area contributed by atoms with E-state index in [4.69, 9.17) is 0 Å². The summed E-state index contributed by atoms with van der Waals surface area (Å²) < 4.78 is 0. The minimum absolute atomic E-state index is 0.532. The van der Waals surface area contributed by atoms with Crippen LogP contribution in [0.3, 0.4) is 0 Å². The van der Waals surface area contributed by atoms with Crippen LogP contribution in [0.1, 0.15) is 13.8 Å². The van der Waals surface area contributed by atoms with Crippen molar-refractivity contribution in [3.05, 3.63) is 24.8 Å². The lowest BCUT2D eigenvalue weighted by Gasteiger charge is -1.90. The summed E-state index contributed by atoms with van der Waals surface area (Å²) in [7, 11) is 0. The molecule has 0 spiro atoms. The molecule has 0 saturated heterocycles. The summed E-state index contributed by atoms with van der Waals surface area (Å²) in [5.74, 6) is 0.532. The maximum absolute atomic E-state index is 3.63. The summed E-state index contributed by atoms with van der Waals surface area (Å²) >= 11 is 0. The van der Waals surface area contributed by atoms with Gasteiger partial charge in [-0.15, -0.1) is 6.58 Å². The van der Waals surface area contributed by atoms with Gasteiger partial charge in [0.15, 0.2) is 0 Å². The first-order valence-electron chi connectivity index (χ1n) is 2.56. The third-order valence-electron chi connectivity index (χ3n) is 0.868. The van der Waals surface area contributed by atoms with Gasteiger partial charge < -0.3 is 0 Å². The SMILES string of the molecule is C=C[C@H](C)/C=C\C. The van der Waals surface area contributed by atoms with Gasteiger partial charge in [0, 0.05) is 0 Å². The molecule has 0 aliphatic rings. The highest BCUT2D eigenvalue weighted by Crippen LogP contribution is 1.95. The molecule has 1 atom stereocenters. The van der Waals surface area contributed by atoms with Gasteiger partial charge in [-0.3, -0.25) is 0 Å². The number of hydrogen-bond acceptors (Lipinski definition) is 0. The fourth-order valence-electron chi connectivity index (χ4n) is 0.382. The van der Waals surface area contributed by atoms with Gasteiger partial charge >= 0.3 is 0 Å². The molecular formula is C7H12. The fraction of sp³-hybridized carbons (Fsp3) is 0.429. The van der Waals surface area contributed by atoms with Crippen molar-refractivity contribution in [1.29, 1.82) is 0 Å². The van der Waals surface area contributed by atoms with Crippen LogP contribution in [0.2, 0.25) is 0 Å². The Bertz CT molecular complexity index is 70.1. The van der Waals surface area contributed by atoms with Crippen LogP contribution in [0.25, 0.3) is 0 Å². The zero-order valence-corrected chi connectivity index (χ0v) is 5.02.